The standard InChI is InChI=1S/C17H23NO2/c1-18(20)9-8-17-7-3-2-4-14(17)16(18)10-12-5-6-13(19)11-15(12)17/h5-6,11,14,16,19H,2-4,7-10H2,1H3/t14-,16+,17+,18?/m1/s1. The zero-order valence-corrected chi connectivity index (χ0v) is 12.1. The van der Waals surface area contributed by atoms with Gasteiger partial charge in [-0.05, 0) is 36.1 Å². The molecule has 3 heteroatoms. The average Bonchev–Trinajstić information content (AvgIpc) is 2.44. The van der Waals surface area contributed by atoms with Crippen molar-refractivity contribution in [3.63, 3.8) is 0 Å². The Hall–Kier alpha value is -1.06. The molecule has 1 N–H and O–H groups in total. The number of hydrogen-bond donors (Lipinski definition) is 1. The average molecular weight is 273 g/mol. The van der Waals surface area contributed by atoms with Crippen LogP contribution in [0, 0.1) is 11.1 Å². The topological polar surface area (TPSA) is 43.3 Å². The Morgan fingerprint density at radius 1 is 1.30 bits per heavy atom. The van der Waals surface area contributed by atoms with E-state index in [0.717, 1.165) is 19.4 Å². The van der Waals surface area contributed by atoms with E-state index in [9.17, 15) is 10.3 Å². The SMILES string of the molecule is C[N+]1([O-])CC[C@@]23CCCC[C@@H]2[C@@H]1Cc1ccc(O)cc13. The van der Waals surface area contributed by atoms with Crippen LogP contribution in [-0.2, 0) is 11.8 Å². The van der Waals surface area contributed by atoms with Crippen molar-refractivity contribution in [3.05, 3.63) is 34.5 Å². The molecule has 108 valence electrons. The molecule has 4 rings (SSSR count). The molecule has 0 aromatic heterocycles. The number of phenols is 1. The molecule has 1 aliphatic heterocycles. The Kier molecular flexibility index (Phi) is 2.52. The number of hydroxylamine groups is 3. The van der Waals surface area contributed by atoms with E-state index in [4.69, 9.17) is 0 Å². The van der Waals surface area contributed by atoms with Crippen molar-refractivity contribution in [3.8, 4) is 5.75 Å². The zero-order chi connectivity index (χ0) is 14.0. The molecular formula is C17H23NO2. The van der Waals surface area contributed by atoms with E-state index in [1.807, 2.05) is 13.1 Å². The van der Waals surface area contributed by atoms with Gasteiger partial charge >= 0.3 is 0 Å². The highest BCUT2D eigenvalue weighted by Gasteiger charge is 2.57. The summed E-state index contributed by atoms with van der Waals surface area (Å²) in [5, 5.41) is 22.8. The Labute approximate surface area is 120 Å². The first-order valence-electron chi connectivity index (χ1n) is 7.92. The van der Waals surface area contributed by atoms with Crippen molar-refractivity contribution < 1.29 is 9.75 Å². The predicted molar refractivity (Wildman–Crippen MR) is 78.3 cm³/mol. The highest BCUT2D eigenvalue weighted by Crippen LogP contribution is 2.57. The van der Waals surface area contributed by atoms with Crippen LogP contribution in [0.25, 0.3) is 0 Å². The first-order valence-corrected chi connectivity index (χ1v) is 7.92. The monoisotopic (exact) mass is 273 g/mol. The van der Waals surface area contributed by atoms with Gasteiger partial charge in [0.2, 0.25) is 0 Å². The molecule has 0 spiro atoms. The molecule has 3 nitrogen and oxygen atoms in total. The maximum absolute atomic E-state index is 12.9. The Morgan fingerprint density at radius 2 is 2.15 bits per heavy atom. The first-order chi connectivity index (χ1) is 9.53. The molecule has 1 heterocycles. The number of benzene rings is 1. The third-order valence-corrected chi connectivity index (χ3v) is 6.32. The van der Waals surface area contributed by atoms with Crippen molar-refractivity contribution in [2.45, 2.75) is 50.0 Å². The van der Waals surface area contributed by atoms with Crippen molar-refractivity contribution in [1.82, 2.24) is 0 Å². The van der Waals surface area contributed by atoms with Crippen LogP contribution in [0.2, 0.25) is 0 Å². The number of hydrogen-bond acceptors (Lipinski definition) is 2. The maximum Gasteiger partial charge on any atom is 0.115 e. The summed E-state index contributed by atoms with van der Waals surface area (Å²) >= 11 is 0. The highest BCUT2D eigenvalue weighted by molar-refractivity contribution is 5.44. The molecule has 0 radical (unpaired) electrons. The quantitative estimate of drug-likeness (QED) is 0.583. The van der Waals surface area contributed by atoms with Gasteiger partial charge in [-0.15, -0.1) is 0 Å². The van der Waals surface area contributed by atoms with Crippen molar-refractivity contribution in [2.24, 2.45) is 5.92 Å². The van der Waals surface area contributed by atoms with Crippen LogP contribution >= 0.6 is 0 Å². The lowest BCUT2D eigenvalue weighted by Gasteiger charge is -2.63. The minimum Gasteiger partial charge on any atom is -0.633 e. The minimum atomic E-state index is -0.0628. The van der Waals surface area contributed by atoms with E-state index in [-0.39, 0.29) is 16.1 Å². The molecule has 20 heavy (non-hydrogen) atoms. The van der Waals surface area contributed by atoms with Crippen LogP contribution in [0.4, 0.5) is 0 Å². The fourth-order valence-corrected chi connectivity index (χ4v) is 5.34. The van der Waals surface area contributed by atoms with Crippen LogP contribution in [0.1, 0.15) is 43.2 Å². The van der Waals surface area contributed by atoms with Gasteiger partial charge in [0.25, 0.3) is 0 Å². The number of rotatable bonds is 0. The number of phenolic OH excluding ortho intramolecular Hbond substituents is 1. The largest absolute Gasteiger partial charge is 0.633 e. The fraction of sp³-hybridized carbons (Fsp3) is 0.647. The Bertz CT molecular complexity index is 554. The molecule has 2 fully saturated rings. The zero-order valence-electron chi connectivity index (χ0n) is 12.1. The number of aromatic hydroxyl groups is 1. The number of likely N-dealkylation sites (tertiary alicyclic amines) is 1. The van der Waals surface area contributed by atoms with Gasteiger partial charge in [-0.1, -0.05) is 18.9 Å². The molecular weight excluding hydrogens is 250 g/mol. The summed E-state index contributed by atoms with van der Waals surface area (Å²) in [6, 6.07) is 6.05. The number of fused-ring (bicyclic) bond motifs is 1. The van der Waals surface area contributed by atoms with Gasteiger partial charge in [0.15, 0.2) is 0 Å². The lowest BCUT2D eigenvalue weighted by Crippen LogP contribution is -2.66. The second kappa shape index (κ2) is 3.99. The molecule has 1 saturated heterocycles. The highest BCUT2D eigenvalue weighted by atomic mass is 16.5. The molecule has 3 aliphatic rings. The molecule has 2 bridgehead atoms. The summed E-state index contributed by atoms with van der Waals surface area (Å²) in [5.41, 5.74) is 2.85. The molecule has 2 aliphatic carbocycles. The van der Waals surface area contributed by atoms with Gasteiger partial charge in [-0.3, -0.25) is 0 Å². The number of likely N-dealkylation sites (N-methyl/N-ethyl adjacent to an activating group) is 1. The van der Waals surface area contributed by atoms with E-state index in [1.165, 1.54) is 36.8 Å². The van der Waals surface area contributed by atoms with Crippen LogP contribution in [0.5, 0.6) is 5.75 Å². The van der Waals surface area contributed by atoms with Gasteiger partial charge in [0.05, 0.1) is 19.6 Å². The number of nitrogens with zero attached hydrogens (tertiary/aromatic N) is 1. The van der Waals surface area contributed by atoms with E-state index < -0.39 is 0 Å². The molecule has 4 atom stereocenters. The number of quaternary nitrogens is 1. The third-order valence-electron chi connectivity index (χ3n) is 6.32. The van der Waals surface area contributed by atoms with E-state index in [0.29, 0.717) is 11.7 Å². The lowest BCUT2D eigenvalue weighted by atomic mass is 9.52. The first kappa shape index (κ1) is 12.7. The van der Waals surface area contributed by atoms with Crippen molar-refractivity contribution >= 4 is 0 Å². The molecule has 1 aromatic rings. The number of piperidine rings is 1. The minimum absolute atomic E-state index is 0.0628. The smallest absolute Gasteiger partial charge is 0.115 e. The van der Waals surface area contributed by atoms with Gasteiger partial charge in [0.1, 0.15) is 5.75 Å². The van der Waals surface area contributed by atoms with Crippen LogP contribution in [0.15, 0.2) is 18.2 Å². The summed E-state index contributed by atoms with van der Waals surface area (Å²) in [7, 11) is 1.87. The summed E-state index contributed by atoms with van der Waals surface area (Å²) < 4.78 is -0.0628. The maximum atomic E-state index is 12.9. The predicted octanol–water partition coefficient (Wildman–Crippen LogP) is 3.09. The van der Waals surface area contributed by atoms with E-state index >= 15 is 0 Å². The van der Waals surface area contributed by atoms with Crippen LogP contribution in [-0.4, -0.2) is 29.4 Å². The summed E-state index contributed by atoms with van der Waals surface area (Å²) in [6.07, 6.45) is 6.80. The van der Waals surface area contributed by atoms with E-state index in [2.05, 4.69) is 6.07 Å². The molecule has 1 aromatic carbocycles. The van der Waals surface area contributed by atoms with Crippen molar-refractivity contribution in [1.29, 1.82) is 0 Å². The normalized spacial score (nSPS) is 42.7. The van der Waals surface area contributed by atoms with Crippen molar-refractivity contribution in [2.75, 3.05) is 13.6 Å². The van der Waals surface area contributed by atoms with E-state index in [1.54, 1.807) is 6.07 Å². The van der Waals surface area contributed by atoms with Gasteiger partial charge in [0, 0.05) is 24.2 Å². The molecule has 1 saturated carbocycles. The Balaban J connectivity index is 1.92. The van der Waals surface area contributed by atoms with Crippen LogP contribution in [0.3, 0.4) is 0 Å². The lowest BCUT2D eigenvalue weighted by molar-refractivity contribution is -0.899. The molecule has 0 amide bonds. The third kappa shape index (κ3) is 1.54. The summed E-state index contributed by atoms with van der Waals surface area (Å²) in [4.78, 5) is 0. The van der Waals surface area contributed by atoms with Crippen LogP contribution < -0.4 is 0 Å². The van der Waals surface area contributed by atoms with Gasteiger partial charge in [-0.25, -0.2) is 0 Å². The van der Waals surface area contributed by atoms with Gasteiger partial charge in [-0.2, -0.15) is 0 Å². The second-order valence-electron chi connectivity index (χ2n) is 7.27. The molecule has 1 unspecified atom stereocenters. The Morgan fingerprint density at radius 3 is 3.00 bits per heavy atom. The summed E-state index contributed by atoms with van der Waals surface area (Å²) in [5.74, 6) is 0.896. The van der Waals surface area contributed by atoms with Gasteiger partial charge < -0.3 is 15.0 Å². The fourth-order valence-electron chi connectivity index (χ4n) is 5.34. The summed E-state index contributed by atoms with van der Waals surface area (Å²) in [6.45, 7) is 0.732. The second-order valence-corrected chi connectivity index (χ2v) is 7.27.